The van der Waals surface area contributed by atoms with E-state index in [9.17, 15) is 9.59 Å². The van der Waals surface area contributed by atoms with E-state index in [4.69, 9.17) is 0 Å². The highest BCUT2D eigenvalue weighted by Crippen LogP contribution is 2.23. The number of carbonyl (C=O) groups excluding carboxylic acids is 2. The normalized spacial score (nSPS) is 20.9. The molecular formula is C10H7N3O2S2. The van der Waals surface area contributed by atoms with Crippen molar-refractivity contribution in [2.45, 2.75) is 0 Å². The van der Waals surface area contributed by atoms with E-state index in [-0.39, 0.29) is 11.1 Å². The smallest absolute Gasteiger partial charge is 0.290 e. The Hall–Kier alpha value is -1.60. The standard InChI is InChI=1S/C10H7N3O2S2/c14-9-8(16-10(15)12-9)5-13-2-1-7-6(4-13)3-11-17-7/h1,3-5H,2H2,(H,12,14,15). The van der Waals surface area contributed by atoms with Crippen LogP contribution in [0, 0.1) is 0 Å². The molecule has 1 fully saturated rings. The van der Waals surface area contributed by atoms with Gasteiger partial charge >= 0.3 is 0 Å². The third kappa shape index (κ3) is 1.98. The van der Waals surface area contributed by atoms with Crippen LogP contribution < -0.4 is 15.1 Å². The van der Waals surface area contributed by atoms with Crippen molar-refractivity contribution in [2.75, 3.05) is 6.54 Å². The van der Waals surface area contributed by atoms with Gasteiger partial charge in [0.05, 0.1) is 9.44 Å². The van der Waals surface area contributed by atoms with Crippen molar-refractivity contribution >= 4 is 46.7 Å². The third-order valence-electron chi connectivity index (χ3n) is 2.34. The summed E-state index contributed by atoms with van der Waals surface area (Å²) < 4.78 is 5.23. The fourth-order valence-corrected chi connectivity index (χ4v) is 2.89. The van der Waals surface area contributed by atoms with Crippen LogP contribution in [0.1, 0.15) is 0 Å². The lowest BCUT2D eigenvalue weighted by atomic mass is 10.3. The van der Waals surface area contributed by atoms with Gasteiger partial charge in [0.2, 0.25) is 0 Å². The van der Waals surface area contributed by atoms with Gasteiger partial charge < -0.3 is 4.90 Å². The second-order valence-electron chi connectivity index (χ2n) is 3.51. The Morgan fingerprint density at radius 1 is 1.47 bits per heavy atom. The molecular weight excluding hydrogens is 258 g/mol. The van der Waals surface area contributed by atoms with Gasteiger partial charge in [0, 0.05) is 30.4 Å². The highest BCUT2D eigenvalue weighted by atomic mass is 32.2. The average Bonchev–Trinajstić information content (AvgIpc) is 2.85. The molecule has 7 heteroatoms. The molecule has 5 nitrogen and oxygen atoms in total. The maximum atomic E-state index is 11.4. The van der Waals surface area contributed by atoms with Crippen molar-refractivity contribution in [1.29, 1.82) is 0 Å². The largest absolute Gasteiger partial charge is 0.348 e. The van der Waals surface area contributed by atoms with E-state index in [0.29, 0.717) is 11.4 Å². The molecule has 0 aliphatic carbocycles. The molecule has 0 saturated carbocycles. The molecule has 0 atom stereocenters. The Kier molecular flexibility index (Phi) is 2.49. The second-order valence-corrected chi connectivity index (χ2v) is 5.36. The number of thioether (sulfide) groups is 1. The molecule has 1 aromatic heterocycles. The van der Waals surface area contributed by atoms with E-state index < -0.39 is 0 Å². The number of fused-ring (bicyclic) bond motifs is 1. The van der Waals surface area contributed by atoms with Gasteiger partial charge in [-0.3, -0.25) is 14.9 Å². The Morgan fingerprint density at radius 3 is 3.12 bits per heavy atom. The van der Waals surface area contributed by atoms with Crippen LogP contribution in [0.15, 0.2) is 17.3 Å². The number of hydrogen-bond acceptors (Lipinski definition) is 6. The maximum Gasteiger partial charge on any atom is 0.290 e. The zero-order valence-corrected chi connectivity index (χ0v) is 10.2. The Balaban J connectivity index is 1.91. The minimum Gasteiger partial charge on any atom is -0.348 e. The summed E-state index contributed by atoms with van der Waals surface area (Å²) in [6.07, 6.45) is 7.43. The summed E-state index contributed by atoms with van der Waals surface area (Å²) in [7, 11) is 0. The van der Waals surface area contributed by atoms with Crippen LogP contribution >= 0.6 is 23.3 Å². The maximum absolute atomic E-state index is 11.4. The van der Waals surface area contributed by atoms with Crippen LogP contribution in [0.4, 0.5) is 4.79 Å². The molecule has 0 aromatic carbocycles. The predicted molar refractivity (Wildman–Crippen MR) is 66.2 cm³/mol. The molecule has 1 saturated heterocycles. The lowest BCUT2D eigenvalue weighted by Crippen LogP contribution is -2.29. The lowest BCUT2D eigenvalue weighted by molar-refractivity contribution is -0.115. The molecule has 2 aliphatic heterocycles. The average molecular weight is 265 g/mol. The highest BCUT2D eigenvalue weighted by molar-refractivity contribution is 8.18. The zero-order chi connectivity index (χ0) is 11.8. The van der Waals surface area contributed by atoms with Gasteiger partial charge in [-0.25, -0.2) is 0 Å². The number of amides is 2. The first-order valence-electron chi connectivity index (χ1n) is 4.86. The van der Waals surface area contributed by atoms with Gasteiger partial charge in [-0.05, 0) is 29.4 Å². The second kappa shape index (κ2) is 4.01. The zero-order valence-electron chi connectivity index (χ0n) is 8.54. The highest BCUT2D eigenvalue weighted by Gasteiger charge is 2.25. The van der Waals surface area contributed by atoms with Crippen LogP contribution in [0.3, 0.4) is 0 Å². The summed E-state index contributed by atoms with van der Waals surface area (Å²) >= 11 is 2.37. The summed E-state index contributed by atoms with van der Waals surface area (Å²) in [6, 6.07) is 0. The third-order valence-corrected chi connectivity index (χ3v) is 3.95. The molecule has 0 radical (unpaired) electrons. The van der Waals surface area contributed by atoms with Crippen molar-refractivity contribution in [3.63, 3.8) is 0 Å². The molecule has 1 aromatic rings. The quantitative estimate of drug-likeness (QED) is 0.713. The first kappa shape index (κ1) is 10.5. The van der Waals surface area contributed by atoms with E-state index in [0.717, 1.165) is 21.5 Å². The SMILES string of the molecule is O=C1NC(=O)C(=CN2C=c3cnsc3=CC2)S1. The van der Waals surface area contributed by atoms with Crippen LogP contribution in [-0.4, -0.2) is 27.0 Å². The number of nitrogens with zero attached hydrogens (tertiary/aromatic N) is 2. The van der Waals surface area contributed by atoms with E-state index in [1.807, 2.05) is 17.2 Å². The Morgan fingerprint density at radius 2 is 2.35 bits per heavy atom. The molecule has 86 valence electrons. The first-order valence-corrected chi connectivity index (χ1v) is 6.45. The number of aromatic nitrogens is 1. The minimum absolute atomic E-state index is 0.319. The topological polar surface area (TPSA) is 62.3 Å². The van der Waals surface area contributed by atoms with Crippen LogP contribution in [0.2, 0.25) is 0 Å². The molecule has 2 aliphatic rings. The lowest BCUT2D eigenvalue weighted by Gasteiger charge is -2.15. The van der Waals surface area contributed by atoms with E-state index in [1.165, 1.54) is 11.5 Å². The van der Waals surface area contributed by atoms with Crippen molar-refractivity contribution in [3.05, 3.63) is 27.1 Å². The first-order chi connectivity index (χ1) is 8.22. The summed E-state index contributed by atoms with van der Waals surface area (Å²) in [5.41, 5.74) is 0. The van der Waals surface area contributed by atoms with Gasteiger partial charge in [-0.1, -0.05) is 0 Å². The van der Waals surface area contributed by atoms with Gasteiger partial charge in [-0.2, -0.15) is 4.37 Å². The van der Waals surface area contributed by atoms with E-state index in [1.54, 1.807) is 12.4 Å². The number of nitrogens with one attached hydrogen (secondary N) is 1. The van der Waals surface area contributed by atoms with Gasteiger partial charge in [0.15, 0.2) is 0 Å². The molecule has 0 unspecified atom stereocenters. The molecule has 0 bridgehead atoms. The molecule has 1 N–H and O–H groups in total. The predicted octanol–water partition coefficient (Wildman–Crippen LogP) is -0.198. The van der Waals surface area contributed by atoms with Crippen LogP contribution in [-0.2, 0) is 4.79 Å². The number of carbonyl (C=O) groups is 2. The fraction of sp³-hybridized carbons (Fsp3) is 0.100. The number of hydrogen-bond donors (Lipinski definition) is 1. The molecule has 2 amide bonds. The van der Waals surface area contributed by atoms with Gasteiger partial charge in [0.1, 0.15) is 0 Å². The van der Waals surface area contributed by atoms with Crippen molar-refractivity contribution in [2.24, 2.45) is 0 Å². The van der Waals surface area contributed by atoms with Gasteiger partial charge in [-0.15, -0.1) is 0 Å². The Bertz CT molecular complexity index is 647. The molecule has 17 heavy (non-hydrogen) atoms. The Labute approximate surface area is 105 Å². The summed E-state index contributed by atoms with van der Waals surface area (Å²) in [4.78, 5) is 24.7. The van der Waals surface area contributed by atoms with E-state index in [2.05, 4.69) is 9.69 Å². The fourth-order valence-electron chi connectivity index (χ4n) is 1.58. The minimum atomic E-state index is -0.331. The van der Waals surface area contributed by atoms with Crippen LogP contribution in [0.5, 0.6) is 0 Å². The summed E-state index contributed by atoms with van der Waals surface area (Å²) in [5.74, 6) is -0.331. The molecule has 3 heterocycles. The summed E-state index contributed by atoms with van der Waals surface area (Å²) in [6.45, 7) is 0.681. The summed E-state index contributed by atoms with van der Waals surface area (Å²) in [5, 5.41) is 2.94. The van der Waals surface area contributed by atoms with Crippen molar-refractivity contribution < 1.29 is 9.59 Å². The van der Waals surface area contributed by atoms with E-state index >= 15 is 0 Å². The van der Waals surface area contributed by atoms with Gasteiger partial charge in [0.25, 0.3) is 11.1 Å². The number of imide groups is 1. The number of rotatable bonds is 1. The van der Waals surface area contributed by atoms with Crippen molar-refractivity contribution in [3.8, 4) is 0 Å². The van der Waals surface area contributed by atoms with Crippen molar-refractivity contribution in [1.82, 2.24) is 14.6 Å². The monoisotopic (exact) mass is 265 g/mol. The molecule has 0 spiro atoms. The molecule has 3 rings (SSSR count). The van der Waals surface area contributed by atoms with Crippen LogP contribution in [0.25, 0.3) is 12.3 Å².